The second-order valence-corrected chi connectivity index (χ2v) is 5.11. The smallest absolute Gasteiger partial charge is 0.238 e. The molecule has 1 aliphatic heterocycles. The summed E-state index contributed by atoms with van der Waals surface area (Å²) in [5, 5.41) is 6.27. The number of nitrogens with zero attached hydrogens (tertiary/aromatic N) is 1. The molecule has 2 heterocycles. The number of aromatic amines is 1. The molecule has 0 bridgehead atoms. The first kappa shape index (κ1) is 12.9. The van der Waals surface area contributed by atoms with E-state index < -0.39 is 0 Å². The highest BCUT2D eigenvalue weighted by Gasteiger charge is 2.25. The molecular weight excluding hydrogens is 252 g/mol. The van der Waals surface area contributed by atoms with Gasteiger partial charge in [-0.2, -0.15) is 0 Å². The van der Waals surface area contributed by atoms with Crippen LogP contribution in [0.25, 0.3) is 0 Å². The van der Waals surface area contributed by atoms with Crippen LogP contribution in [0.4, 0.5) is 0 Å². The van der Waals surface area contributed by atoms with Gasteiger partial charge in [-0.25, -0.2) is 4.98 Å². The number of benzene rings is 1. The first-order chi connectivity index (χ1) is 9.74. The highest BCUT2D eigenvalue weighted by molar-refractivity contribution is 5.82. The lowest BCUT2D eigenvalue weighted by Gasteiger charge is -2.26. The zero-order valence-electron chi connectivity index (χ0n) is 11.4. The van der Waals surface area contributed by atoms with E-state index in [1.165, 1.54) is 11.1 Å². The minimum atomic E-state index is -0.178. The summed E-state index contributed by atoms with van der Waals surface area (Å²) < 4.78 is 0. The molecule has 0 saturated heterocycles. The number of carbonyl (C=O) groups excluding carboxylic acids is 1. The van der Waals surface area contributed by atoms with Gasteiger partial charge in [0.1, 0.15) is 5.82 Å². The minimum Gasteiger partial charge on any atom is -0.347 e. The fraction of sp³-hybridized carbons (Fsp3) is 0.333. The maximum Gasteiger partial charge on any atom is 0.238 e. The fourth-order valence-corrected chi connectivity index (χ4v) is 2.54. The Bertz CT molecular complexity index is 594. The van der Waals surface area contributed by atoms with Gasteiger partial charge in [-0.05, 0) is 24.5 Å². The van der Waals surface area contributed by atoms with Crippen molar-refractivity contribution in [1.82, 2.24) is 20.6 Å². The van der Waals surface area contributed by atoms with Gasteiger partial charge in [0.2, 0.25) is 5.91 Å². The van der Waals surface area contributed by atoms with Crippen molar-refractivity contribution < 1.29 is 4.79 Å². The van der Waals surface area contributed by atoms with Crippen LogP contribution in [-0.4, -0.2) is 21.9 Å². The second kappa shape index (κ2) is 5.46. The molecule has 1 aliphatic rings. The van der Waals surface area contributed by atoms with Gasteiger partial charge in [0, 0.05) is 18.9 Å². The predicted octanol–water partition coefficient (Wildman–Crippen LogP) is 1.30. The molecule has 1 aromatic heterocycles. The minimum absolute atomic E-state index is 0.0170. The highest BCUT2D eigenvalue weighted by atomic mass is 16.2. The second-order valence-electron chi connectivity index (χ2n) is 5.11. The number of fused-ring (bicyclic) bond motifs is 1. The van der Waals surface area contributed by atoms with Crippen LogP contribution >= 0.6 is 0 Å². The highest BCUT2D eigenvalue weighted by Crippen LogP contribution is 2.17. The average Bonchev–Trinajstić information content (AvgIpc) is 3.01. The summed E-state index contributed by atoms with van der Waals surface area (Å²) in [5.74, 6) is 0.790. The Morgan fingerprint density at radius 3 is 2.95 bits per heavy atom. The molecule has 0 saturated carbocycles. The molecule has 104 valence electrons. The van der Waals surface area contributed by atoms with Crippen LogP contribution in [0.15, 0.2) is 36.7 Å². The van der Waals surface area contributed by atoms with E-state index in [0.717, 1.165) is 18.8 Å². The molecule has 2 unspecified atom stereocenters. The molecule has 2 atom stereocenters. The molecule has 20 heavy (non-hydrogen) atoms. The number of hydrogen-bond donors (Lipinski definition) is 3. The number of hydrogen-bond acceptors (Lipinski definition) is 3. The van der Waals surface area contributed by atoms with E-state index in [9.17, 15) is 4.79 Å². The predicted molar refractivity (Wildman–Crippen MR) is 75.9 cm³/mol. The average molecular weight is 270 g/mol. The van der Waals surface area contributed by atoms with Gasteiger partial charge in [-0.3, -0.25) is 4.79 Å². The zero-order valence-corrected chi connectivity index (χ0v) is 11.4. The molecule has 3 rings (SSSR count). The summed E-state index contributed by atoms with van der Waals surface area (Å²) in [5.41, 5.74) is 2.52. The maximum absolute atomic E-state index is 12.3. The first-order valence-electron chi connectivity index (χ1n) is 6.84. The molecule has 0 fully saturated rings. The quantitative estimate of drug-likeness (QED) is 0.787. The number of H-pyrrole nitrogens is 1. The van der Waals surface area contributed by atoms with Crippen molar-refractivity contribution >= 4 is 5.91 Å². The van der Waals surface area contributed by atoms with Crippen LogP contribution in [0.2, 0.25) is 0 Å². The van der Waals surface area contributed by atoms with E-state index in [-0.39, 0.29) is 18.0 Å². The summed E-state index contributed by atoms with van der Waals surface area (Å²) in [7, 11) is 0. The van der Waals surface area contributed by atoms with E-state index in [1.54, 1.807) is 12.4 Å². The Morgan fingerprint density at radius 1 is 1.40 bits per heavy atom. The molecule has 5 nitrogen and oxygen atoms in total. The van der Waals surface area contributed by atoms with E-state index >= 15 is 0 Å². The Hall–Kier alpha value is -2.14. The van der Waals surface area contributed by atoms with Crippen LogP contribution in [0.5, 0.6) is 0 Å². The Morgan fingerprint density at radius 2 is 2.20 bits per heavy atom. The lowest BCUT2D eigenvalue weighted by molar-refractivity contribution is -0.124. The van der Waals surface area contributed by atoms with E-state index in [2.05, 4.69) is 32.7 Å². The summed E-state index contributed by atoms with van der Waals surface area (Å²) >= 11 is 0. The third kappa shape index (κ3) is 2.58. The van der Waals surface area contributed by atoms with Gasteiger partial charge in [0.05, 0.1) is 12.1 Å². The third-order valence-corrected chi connectivity index (χ3v) is 3.69. The molecule has 0 radical (unpaired) electrons. The normalized spacial score (nSPS) is 19.1. The number of aromatic nitrogens is 2. The summed E-state index contributed by atoms with van der Waals surface area (Å²) in [6, 6.07) is 7.94. The van der Waals surface area contributed by atoms with E-state index in [1.807, 2.05) is 19.1 Å². The van der Waals surface area contributed by atoms with E-state index in [0.29, 0.717) is 0 Å². The summed E-state index contributed by atoms with van der Waals surface area (Å²) in [6.07, 6.45) is 4.17. The number of nitrogens with one attached hydrogen (secondary N) is 3. The van der Waals surface area contributed by atoms with Gasteiger partial charge < -0.3 is 15.6 Å². The third-order valence-electron chi connectivity index (χ3n) is 3.69. The number of rotatable bonds is 3. The molecule has 5 heteroatoms. The summed E-state index contributed by atoms with van der Waals surface area (Å²) in [6.45, 7) is 2.66. The first-order valence-corrected chi connectivity index (χ1v) is 6.84. The topological polar surface area (TPSA) is 69.8 Å². The lowest BCUT2D eigenvalue weighted by atomic mass is 9.95. The Labute approximate surface area is 117 Å². The van der Waals surface area contributed by atoms with Crippen molar-refractivity contribution in [3.05, 3.63) is 53.6 Å². The Kier molecular flexibility index (Phi) is 3.52. The van der Waals surface area contributed by atoms with Gasteiger partial charge in [0.25, 0.3) is 0 Å². The zero-order chi connectivity index (χ0) is 13.9. The number of amides is 1. The van der Waals surface area contributed by atoms with Crippen molar-refractivity contribution in [3.63, 3.8) is 0 Å². The molecule has 0 spiro atoms. The monoisotopic (exact) mass is 270 g/mol. The molecule has 0 aliphatic carbocycles. The number of imidazole rings is 1. The van der Waals surface area contributed by atoms with Crippen LogP contribution in [0, 0.1) is 0 Å². The van der Waals surface area contributed by atoms with Gasteiger partial charge in [-0.15, -0.1) is 0 Å². The molecule has 1 aromatic carbocycles. The van der Waals surface area contributed by atoms with Crippen molar-refractivity contribution in [1.29, 1.82) is 0 Å². The number of carbonyl (C=O) groups is 1. The van der Waals surface area contributed by atoms with Crippen LogP contribution in [-0.2, 0) is 17.8 Å². The van der Waals surface area contributed by atoms with Gasteiger partial charge >= 0.3 is 0 Å². The van der Waals surface area contributed by atoms with Crippen molar-refractivity contribution in [3.8, 4) is 0 Å². The van der Waals surface area contributed by atoms with E-state index in [4.69, 9.17) is 0 Å². The molecular formula is C15H18N4O. The Balaban J connectivity index is 1.64. The van der Waals surface area contributed by atoms with Crippen molar-refractivity contribution in [2.24, 2.45) is 0 Å². The van der Waals surface area contributed by atoms with Gasteiger partial charge in [0.15, 0.2) is 0 Å². The summed E-state index contributed by atoms with van der Waals surface area (Å²) in [4.78, 5) is 19.5. The maximum atomic E-state index is 12.3. The lowest BCUT2D eigenvalue weighted by Crippen LogP contribution is -2.48. The molecule has 1 amide bonds. The standard InChI is InChI=1S/C15H18N4O/c1-10(14-16-6-7-17-14)19-15(20)13-8-11-4-2-3-5-12(11)9-18-13/h2-7,10,13,18H,8-9H2,1H3,(H,16,17)(H,19,20). The molecule has 2 aromatic rings. The fourth-order valence-electron chi connectivity index (χ4n) is 2.54. The van der Waals surface area contributed by atoms with Crippen LogP contribution in [0.3, 0.4) is 0 Å². The molecule has 3 N–H and O–H groups in total. The van der Waals surface area contributed by atoms with Crippen LogP contribution < -0.4 is 10.6 Å². The largest absolute Gasteiger partial charge is 0.347 e. The van der Waals surface area contributed by atoms with Crippen LogP contribution in [0.1, 0.15) is 29.9 Å². The van der Waals surface area contributed by atoms with Crippen molar-refractivity contribution in [2.45, 2.75) is 32.0 Å². The van der Waals surface area contributed by atoms with Crippen molar-refractivity contribution in [2.75, 3.05) is 0 Å². The SMILES string of the molecule is CC(NC(=O)C1Cc2ccccc2CN1)c1ncc[nH]1. The van der Waals surface area contributed by atoms with Gasteiger partial charge in [-0.1, -0.05) is 24.3 Å².